The Bertz CT molecular complexity index is 970. The molecule has 32 heavy (non-hydrogen) atoms. The van der Waals surface area contributed by atoms with Crippen LogP contribution >= 0.6 is 11.6 Å². The molecule has 3 heterocycles. The number of aromatic nitrogens is 1. The summed E-state index contributed by atoms with van der Waals surface area (Å²) in [7, 11) is 4.12. The summed E-state index contributed by atoms with van der Waals surface area (Å²) < 4.78 is 0. The largest absolute Gasteiger partial charge is 0.373 e. The molecule has 0 aliphatic carbocycles. The number of hydrogen-bond acceptors (Lipinski definition) is 6. The van der Waals surface area contributed by atoms with Crippen molar-refractivity contribution in [1.29, 1.82) is 0 Å². The minimum absolute atomic E-state index is 0.0134. The molecular weight excluding hydrogens is 428 g/mol. The van der Waals surface area contributed by atoms with E-state index in [4.69, 9.17) is 11.6 Å². The van der Waals surface area contributed by atoms with Crippen molar-refractivity contribution >= 4 is 40.0 Å². The van der Waals surface area contributed by atoms with Crippen molar-refractivity contribution in [2.75, 3.05) is 71.8 Å². The Kier molecular flexibility index (Phi) is 7.13. The first-order valence-electron chi connectivity index (χ1n) is 11.1. The summed E-state index contributed by atoms with van der Waals surface area (Å²) in [6.45, 7) is 6.11. The maximum Gasteiger partial charge on any atom is 0.245 e. The van der Waals surface area contributed by atoms with E-state index in [2.05, 4.69) is 34.2 Å². The van der Waals surface area contributed by atoms with Gasteiger partial charge in [0.25, 0.3) is 0 Å². The number of nitrogens with one attached hydrogen (secondary N) is 1. The van der Waals surface area contributed by atoms with Gasteiger partial charge in [0.1, 0.15) is 6.04 Å². The fraction of sp³-hybridized carbons (Fsp3) is 0.522. The van der Waals surface area contributed by atoms with Crippen LogP contribution in [0.25, 0.3) is 10.9 Å². The van der Waals surface area contributed by atoms with Crippen LogP contribution in [0.1, 0.15) is 6.42 Å². The molecule has 0 saturated carbocycles. The maximum atomic E-state index is 13.5. The zero-order valence-electron chi connectivity index (χ0n) is 18.8. The average Bonchev–Trinajstić information content (AvgIpc) is 2.79. The minimum atomic E-state index is -0.633. The van der Waals surface area contributed by atoms with Crippen LogP contribution in [-0.4, -0.2) is 109 Å². The third-order valence-corrected chi connectivity index (χ3v) is 6.62. The topological polar surface area (TPSA) is 72.0 Å². The molecule has 0 unspecified atom stereocenters. The molecule has 8 nitrogen and oxygen atoms in total. The van der Waals surface area contributed by atoms with Gasteiger partial charge in [-0.1, -0.05) is 11.6 Å². The first-order valence-corrected chi connectivity index (χ1v) is 11.5. The number of amides is 2. The Morgan fingerprint density at radius 2 is 1.59 bits per heavy atom. The molecule has 2 fully saturated rings. The number of rotatable bonds is 5. The lowest BCUT2D eigenvalue weighted by Crippen LogP contribution is -2.53. The third-order valence-electron chi connectivity index (χ3n) is 6.38. The highest BCUT2D eigenvalue weighted by Crippen LogP contribution is 2.26. The van der Waals surface area contributed by atoms with E-state index in [1.807, 2.05) is 28.0 Å². The fourth-order valence-electron chi connectivity index (χ4n) is 4.24. The van der Waals surface area contributed by atoms with Crippen molar-refractivity contribution in [3.8, 4) is 0 Å². The van der Waals surface area contributed by atoms with E-state index in [1.165, 1.54) is 0 Å². The van der Waals surface area contributed by atoms with Crippen molar-refractivity contribution < 1.29 is 9.59 Å². The zero-order chi connectivity index (χ0) is 22.7. The molecule has 2 aliphatic rings. The number of halogens is 1. The zero-order valence-corrected chi connectivity index (χ0v) is 19.5. The van der Waals surface area contributed by atoms with E-state index < -0.39 is 6.04 Å². The van der Waals surface area contributed by atoms with Gasteiger partial charge in [-0.2, -0.15) is 0 Å². The molecule has 0 bridgehead atoms. The van der Waals surface area contributed by atoms with Crippen LogP contribution in [0.4, 0.5) is 5.69 Å². The third kappa shape index (κ3) is 5.31. The lowest BCUT2D eigenvalue weighted by molar-refractivity contribution is -0.139. The summed E-state index contributed by atoms with van der Waals surface area (Å²) in [5.41, 5.74) is 1.53. The Balaban J connectivity index is 1.56. The smallest absolute Gasteiger partial charge is 0.245 e. The second-order valence-corrected chi connectivity index (χ2v) is 9.17. The molecule has 9 heteroatoms. The Labute approximate surface area is 194 Å². The molecule has 0 radical (unpaired) electrons. The standard InChI is InChI=1S/C23H31ClN6O2/c1-27-7-11-29(12-8-27)22(31)16-21(23(32)30-13-9-28(2)10-14-30)26-19-5-6-25-20-15-17(24)3-4-18(19)20/h3-6,15,21H,7-14,16H2,1-2H3,(H,25,26)/t21-/m0/s1. The van der Waals surface area contributed by atoms with Crippen molar-refractivity contribution in [2.24, 2.45) is 0 Å². The number of carbonyl (C=O) groups is 2. The molecule has 1 aromatic heterocycles. The Morgan fingerprint density at radius 3 is 2.25 bits per heavy atom. The van der Waals surface area contributed by atoms with E-state index in [1.54, 1.807) is 12.3 Å². The van der Waals surface area contributed by atoms with E-state index in [0.717, 1.165) is 42.8 Å². The summed E-state index contributed by atoms with van der Waals surface area (Å²) in [4.78, 5) is 39.2. The van der Waals surface area contributed by atoms with E-state index >= 15 is 0 Å². The van der Waals surface area contributed by atoms with Gasteiger partial charge in [-0.15, -0.1) is 0 Å². The Hall–Kier alpha value is -2.42. The number of likely N-dealkylation sites (N-methyl/N-ethyl adjacent to an activating group) is 2. The van der Waals surface area contributed by atoms with E-state index in [9.17, 15) is 9.59 Å². The molecule has 2 aromatic rings. The lowest BCUT2D eigenvalue weighted by atomic mass is 10.1. The molecule has 172 valence electrons. The van der Waals surface area contributed by atoms with Crippen molar-refractivity contribution in [3.05, 3.63) is 35.5 Å². The van der Waals surface area contributed by atoms with Crippen LogP contribution < -0.4 is 5.32 Å². The molecular formula is C23H31ClN6O2. The Morgan fingerprint density at radius 1 is 0.969 bits per heavy atom. The lowest BCUT2D eigenvalue weighted by Gasteiger charge is -2.36. The number of benzene rings is 1. The second kappa shape index (κ2) is 10.0. The number of pyridine rings is 1. The number of nitrogens with zero attached hydrogens (tertiary/aromatic N) is 5. The molecule has 4 rings (SSSR count). The normalized spacial score (nSPS) is 19.2. The summed E-state index contributed by atoms with van der Waals surface area (Å²) in [6.07, 6.45) is 1.83. The quantitative estimate of drug-likeness (QED) is 0.734. The van der Waals surface area contributed by atoms with Gasteiger partial charge in [0.05, 0.1) is 11.9 Å². The van der Waals surface area contributed by atoms with Gasteiger partial charge in [0, 0.05) is 74.7 Å². The predicted octanol–water partition coefficient (Wildman–Crippen LogP) is 1.61. The SMILES string of the molecule is CN1CCN(C(=O)C[C@H](Nc2ccnc3cc(Cl)ccc23)C(=O)N2CCN(C)CC2)CC1. The van der Waals surface area contributed by atoms with Gasteiger partial charge in [0.15, 0.2) is 0 Å². The average molecular weight is 459 g/mol. The molecule has 1 aromatic carbocycles. The molecule has 1 N–H and O–H groups in total. The molecule has 0 spiro atoms. The van der Waals surface area contributed by atoms with Crippen LogP contribution in [0.3, 0.4) is 0 Å². The first-order chi connectivity index (χ1) is 15.4. The summed E-state index contributed by atoms with van der Waals surface area (Å²) >= 11 is 6.13. The van der Waals surface area contributed by atoms with Gasteiger partial charge >= 0.3 is 0 Å². The van der Waals surface area contributed by atoms with E-state index in [0.29, 0.717) is 31.2 Å². The number of hydrogen-bond donors (Lipinski definition) is 1. The monoisotopic (exact) mass is 458 g/mol. The summed E-state index contributed by atoms with van der Waals surface area (Å²) in [5.74, 6) is -0.0148. The van der Waals surface area contributed by atoms with Gasteiger partial charge in [-0.05, 0) is 38.4 Å². The van der Waals surface area contributed by atoms with Crippen LogP contribution in [0, 0.1) is 0 Å². The van der Waals surface area contributed by atoms with Crippen LogP contribution in [0.5, 0.6) is 0 Å². The fourth-order valence-corrected chi connectivity index (χ4v) is 4.41. The van der Waals surface area contributed by atoms with E-state index in [-0.39, 0.29) is 18.2 Å². The molecule has 2 aliphatic heterocycles. The summed E-state index contributed by atoms with van der Waals surface area (Å²) in [5, 5.41) is 4.87. The molecule has 2 saturated heterocycles. The first kappa shape index (κ1) is 22.8. The van der Waals surface area contributed by atoms with Gasteiger partial charge < -0.3 is 24.9 Å². The van der Waals surface area contributed by atoms with Gasteiger partial charge in [-0.25, -0.2) is 0 Å². The van der Waals surface area contributed by atoms with Crippen LogP contribution in [-0.2, 0) is 9.59 Å². The summed E-state index contributed by atoms with van der Waals surface area (Å²) in [6, 6.07) is 6.72. The van der Waals surface area contributed by atoms with Gasteiger partial charge in [0.2, 0.25) is 11.8 Å². The number of anilines is 1. The van der Waals surface area contributed by atoms with Gasteiger partial charge in [-0.3, -0.25) is 14.6 Å². The van der Waals surface area contributed by atoms with Crippen molar-refractivity contribution in [1.82, 2.24) is 24.6 Å². The number of fused-ring (bicyclic) bond motifs is 1. The predicted molar refractivity (Wildman–Crippen MR) is 127 cm³/mol. The van der Waals surface area contributed by atoms with Crippen molar-refractivity contribution in [3.63, 3.8) is 0 Å². The molecule has 2 amide bonds. The number of carbonyl (C=O) groups excluding carboxylic acids is 2. The highest BCUT2D eigenvalue weighted by molar-refractivity contribution is 6.31. The van der Waals surface area contributed by atoms with Crippen LogP contribution in [0.2, 0.25) is 5.02 Å². The van der Waals surface area contributed by atoms with Crippen molar-refractivity contribution in [2.45, 2.75) is 12.5 Å². The number of piperazine rings is 2. The highest BCUT2D eigenvalue weighted by atomic mass is 35.5. The molecule has 1 atom stereocenters. The maximum absolute atomic E-state index is 13.5. The van der Waals surface area contributed by atoms with Crippen LogP contribution in [0.15, 0.2) is 30.5 Å². The second-order valence-electron chi connectivity index (χ2n) is 8.73. The highest BCUT2D eigenvalue weighted by Gasteiger charge is 2.31. The minimum Gasteiger partial charge on any atom is -0.373 e.